The van der Waals surface area contributed by atoms with Gasteiger partial charge in [-0.05, 0) is 93.8 Å². The molecule has 2 unspecified atom stereocenters. The average Bonchev–Trinajstić information content (AvgIpc) is 2.75. The van der Waals surface area contributed by atoms with Crippen molar-refractivity contribution in [2.45, 2.75) is 129 Å². The molecular weight excluding hydrogens is 344 g/mol. The van der Waals surface area contributed by atoms with E-state index in [9.17, 15) is 4.79 Å². The summed E-state index contributed by atoms with van der Waals surface area (Å²) in [6.45, 7) is 4.22. The Morgan fingerprint density at radius 2 is 1.36 bits per heavy atom. The number of hydrogen-bond acceptors (Lipinski definition) is 2. The van der Waals surface area contributed by atoms with E-state index in [1.165, 1.54) is 89.9 Å². The number of carbonyl (C=O) groups excluding carboxylic acids is 1. The van der Waals surface area contributed by atoms with Gasteiger partial charge >= 0.3 is 5.97 Å². The highest BCUT2D eigenvalue weighted by atomic mass is 16.5. The van der Waals surface area contributed by atoms with Crippen molar-refractivity contribution >= 4 is 5.97 Å². The molecule has 2 heteroatoms. The first kappa shape index (κ1) is 22.2. The quantitative estimate of drug-likeness (QED) is 0.313. The van der Waals surface area contributed by atoms with Gasteiger partial charge in [-0.1, -0.05) is 52.4 Å². The van der Waals surface area contributed by atoms with Crippen LogP contribution >= 0.6 is 0 Å². The predicted octanol–water partition coefficient (Wildman–Crippen LogP) is 7.69. The lowest BCUT2D eigenvalue weighted by Crippen LogP contribution is -2.32. The molecule has 0 aromatic rings. The van der Waals surface area contributed by atoms with Crippen molar-refractivity contribution in [1.29, 1.82) is 0 Å². The van der Waals surface area contributed by atoms with Crippen LogP contribution in [0.4, 0.5) is 0 Å². The van der Waals surface area contributed by atoms with Crippen LogP contribution < -0.4 is 0 Å². The normalized spacial score (nSPS) is 36.8. The highest BCUT2D eigenvalue weighted by Crippen LogP contribution is 2.46. The van der Waals surface area contributed by atoms with E-state index in [2.05, 4.69) is 6.92 Å². The van der Waals surface area contributed by atoms with Gasteiger partial charge in [-0.2, -0.15) is 0 Å². The van der Waals surface area contributed by atoms with Crippen LogP contribution in [0.3, 0.4) is 0 Å². The van der Waals surface area contributed by atoms with Crippen LogP contribution in [0.15, 0.2) is 0 Å². The topological polar surface area (TPSA) is 26.3 Å². The Labute approximate surface area is 174 Å². The minimum absolute atomic E-state index is 0.000319. The minimum Gasteiger partial charge on any atom is -0.462 e. The molecule has 0 aromatic carbocycles. The Morgan fingerprint density at radius 1 is 0.750 bits per heavy atom. The summed E-state index contributed by atoms with van der Waals surface area (Å²) in [5.41, 5.74) is 0. The Kier molecular flexibility index (Phi) is 9.18. The van der Waals surface area contributed by atoms with E-state index in [4.69, 9.17) is 4.74 Å². The average molecular weight is 391 g/mol. The van der Waals surface area contributed by atoms with Crippen molar-refractivity contribution in [1.82, 2.24) is 0 Å². The molecule has 2 nitrogen and oxygen atoms in total. The van der Waals surface area contributed by atoms with E-state index in [1.54, 1.807) is 0 Å². The summed E-state index contributed by atoms with van der Waals surface area (Å²) in [6, 6.07) is 0. The number of carbonyl (C=O) groups is 1. The lowest BCUT2D eigenvalue weighted by molar-refractivity contribution is -0.151. The molecule has 0 heterocycles. The molecule has 0 radical (unpaired) electrons. The van der Waals surface area contributed by atoms with Crippen LogP contribution in [0.2, 0.25) is 0 Å². The largest absolute Gasteiger partial charge is 0.462 e. The minimum atomic E-state index is -0.000319. The maximum absolute atomic E-state index is 11.7. The molecule has 0 N–H and O–H groups in total. The van der Waals surface area contributed by atoms with E-state index in [1.807, 2.05) is 6.92 Å². The molecule has 0 aromatic heterocycles. The molecule has 2 atom stereocenters. The monoisotopic (exact) mass is 390 g/mol. The lowest BCUT2D eigenvalue weighted by atomic mass is 9.65. The molecule has 28 heavy (non-hydrogen) atoms. The van der Waals surface area contributed by atoms with E-state index in [-0.39, 0.29) is 12.1 Å². The molecule has 0 amide bonds. The summed E-state index contributed by atoms with van der Waals surface area (Å²) in [5.74, 6) is 4.82. The van der Waals surface area contributed by atoms with E-state index in [0.717, 1.165) is 42.4 Å². The molecule has 3 aliphatic rings. The number of hydrogen-bond donors (Lipinski definition) is 0. The summed E-state index contributed by atoms with van der Waals surface area (Å²) in [4.78, 5) is 11.7. The smallest absolute Gasteiger partial charge is 0.305 e. The molecular formula is C26H46O2. The van der Waals surface area contributed by atoms with Crippen LogP contribution in [0.1, 0.15) is 123 Å². The van der Waals surface area contributed by atoms with Crippen LogP contribution in [-0.2, 0) is 9.53 Å². The highest BCUT2D eigenvalue weighted by molar-refractivity contribution is 5.69. The van der Waals surface area contributed by atoms with Gasteiger partial charge in [0.25, 0.3) is 0 Å². The Bertz CT molecular complexity index is 443. The number of unbranched alkanes of at least 4 members (excludes halogenated alkanes) is 2. The molecule has 0 spiro atoms. The molecule has 3 saturated carbocycles. The molecule has 0 saturated heterocycles. The highest BCUT2D eigenvalue weighted by Gasteiger charge is 2.35. The van der Waals surface area contributed by atoms with Crippen molar-refractivity contribution in [3.63, 3.8) is 0 Å². The number of ether oxygens (including phenoxy) is 1. The predicted molar refractivity (Wildman–Crippen MR) is 117 cm³/mol. The zero-order chi connectivity index (χ0) is 19.8. The van der Waals surface area contributed by atoms with Crippen molar-refractivity contribution in [3.8, 4) is 0 Å². The zero-order valence-electron chi connectivity index (χ0n) is 18.8. The van der Waals surface area contributed by atoms with Crippen LogP contribution in [0.5, 0.6) is 0 Å². The van der Waals surface area contributed by atoms with Gasteiger partial charge in [-0.25, -0.2) is 0 Å². The SMILES string of the molecule is CCCCCC1CCC(C2CCC(C3CCCC(OC(=O)CC)C3)CC2)CC1. The summed E-state index contributed by atoms with van der Waals surface area (Å²) in [5, 5.41) is 0. The summed E-state index contributed by atoms with van der Waals surface area (Å²) in [6.07, 6.45) is 23.3. The summed E-state index contributed by atoms with van der Waals surface area (Å²) >= 11 is 0. The third-order valence-electron chi connectivity index (χ3n) is 8.51. The van der Waals surface area contributed by atoms with Gasteiger partial charge in [-0.15, -0.1) is 0 Å². The summed E-state index contributed by atoms with van der Waals surface area (Å²) in [7, 11) is 0. The Balaban J connectivity index is 1.36. The lowest BCUT2D eigenvalue weighted by Gasteiger charge is -2.41. The molecule has 3 rings (SSSR count). The fourth-order valence-corrected chi connectivity index (χ4v) is 6.70. The third kappa shape index (κ3) is 6.49. The summed E-state index contributed by atoms with van der Waals surface area (Å²) < 4.78 is 5.68. The number of rotatable bonds is 8. The van der Waals surface area contributed by atoms with E-state index in [0.29, 0.717) is 6.42 Å². The van der Waals surface area contributed by atoms with Gasteiger partial charge in [0.2, 0.25) is 0 Å². The Hall–Kier alpha value is -0.530. The van der Waals surface area contributed by atoms with Crippen LogP contribution in [0.25, 0.3) is 0 Å². The van der Waals surface area contributed by atoms with Crippen LogP contribution in [-0.4, -0.2) is 12.1 Å². The first-order valence-electron chi connectivity index (χ1n) is 12.9. The van der Waals surface area contributed by atoms with Gasteiger partial charge in [0.05, 0.1) is 0 Å². The van der Waals surface area contributed by atoms with Gasteiger partial charge in [0, 0.05) is 6.42 Å². The second-order valence-electron chi connectivity index (χ2n) is 10.3. The number of esters is 1. The molecule has 3 aliphatic carbocycles. The molecule has 3 fully saturated rings. The van der Waals surface area contributed by atoms with Gasteiger partial charge in [-0.3, -0.25) is 4.79 Å². The van der Waals surface area contributed by atoms with Crippen molar-refractivity contribution in [3.05, 3.63) is 0 Å². The van der Waals surface area contributed by atoms with Gasteiger partial charge < -0.3 is 4.74 Å². The first-order valence-corrected chi connectivity index (χ1v) is 12.9. The third-order valence-corrected chi connectivity index (χ3v) is 8.51. The van der Waals surface area contributed by atoms with Gasteiger partial charge in [0.15, 0.2) is 0 Å². The molecule has 162 valence electrons. The van der Waals surface area contributed by atoms with E-state index >= 15 is 0 Å². The van der Waals surface area contributed by atoms with Crippen LogP contribution in [0, 0.1) is 29.6 Å². The van der Waals surface area contributed by atoms with Crippen molar-refractivity contribution < 1.29 is 9.53 Å². The second-order valence-corrected chi connectivity index (χ2v) is 10.3. The molecule has 0 bridgehead atoms. The van der Waals surface area contributed by atoms with E-state index < -0.39 is 0 Å². The van der Waals surface area contributed by atoms with Gasteiger partial charge in [0.1, 0.15) is 6.10 Å². The second kappa shape index (κ2) is 11.6. The maximum atomic E-state index is 11.7. The van der Waals surface area contributed by atoms with Crippen molar-refractivity contribution in [2.75, 3.05) is 0 Å². The fourth-order valence-electron chi connectivity index (χ4n) is 6.70. The standard InChI is InChI=1S/C26H46O2/c1-3-5-6-8-20-11-13-21(14-12-20)22-15-17-23(18-16-22)24-9-7-10-25(19-24)28-26(27)4-2/h20-25H,3-19H2,1-2H3. The zero-order valence-corrected chi connectivity index (χ0v) is 18.8. The fraction of sp³-hybridized carbons (Fsp3) is 0.962. The van der Waals surface area contributed by atoms with Crippen molar-refractivity contribution in [2.24, 2.45) is 29.6 Å². The first-order chi connectivity index (χ1) is 13.7. The maximum Gasteiger partial charge on any atom is 0.305 e. The molecule has 0 aliphatic heterocycles. The Morgan fingerprint density at radius 3 is 1.96 bits per heavy atom.